The third-order valence-corrected chi connectivity index (χ3v) is 5.93. The van der Waals surface area contributed by atoms with Crippen LogP contribution in [0.2, 0.25) is 0 Å². The van der Waals surface area contributed by atoms with Crippen molar-refractivity contribution in [3.63, 3.8) is 0 Å². The van der Waals surface area contributed by atoms with Crippen LogP contribution in [0.1, 0.15) is 45.7 Å². The number of hydrogen-bond acceptors (Lipinski definition) is 3. The van der Waals surface area contributed by atoms with E-state index >= 15 is 0 Å². The number of carbonyl (C=O) groups excluding carboxylic acids is 2. The summed E-state index contributed by atoms with van der Waals surface area (Å²) in [7, 11) is 0. The summed E-state index contributed by atoms with van der Waals surface area (Å²) in [5, 5.41) is 5.10. The molecule has 4 nitrogen and oxygen atoms in total. The van der Waals surface area contributed by atoms with Crippen LogP contribution < -0.4 is 5.32 Å². The zero-order chi connectivity index (χ0) is 16.5. The lowest BCUT2D eigenvalue weighted by Gasteiger charge is -2.39. The van der Waals surface area contributed by atoms with Crippen LogP contribution in [0.4, 0.5) is 0 Å². The van der Waals surface area contributed by atoms with Crippen LogP contribution in [-0.4, -0.2) is 34.8 Å². The first kappa shape index (κ1) is 15.4. The van der Waals surface area contributed by atoms with E-state index < -0.39 is 0 Å². The summed E-state index contributed by atoms with van der Waals surface area (Å²) >= 11 is 1.50. The van der Waals surface area contributed by atoms with Gasteiger partial charge in [0.15, 0.2) is 0 Å². The highest BCUT2D eigenvalue weighted by Crippen LogP contribution is 2.37. The van der Waals surface area contributed by atoms with Crippen molar-refractivity contribution < 1.29 is 9.59 Å². The third-order valence-electron chi connectivity index (χ3n) is 5.07. The molecule has 2 atom stereocenters. The van der Waals surface area contributed by atoms with Crippen molar-refractivity contribution >= 4 is 23.2 Å². The standard InChI is InChI=1S/C19H20N2O2S/c22-18(13-5-2-1-3-6-13)20-14-11-15-8-9-16(12-14)21(15)19(23)17-7-4-10-24-17/h1-7,10,14-16H,8-9,11-12H2,(H,20,22)/t15-,16-/m1/s1. The Kier molecular flexibility index (Phi) is 4.10. The van der Waals surface area contributed by atoms with Gasteiger partial charge in [0.1, 0.15) is 0 Å². The molecule has 0 saturated carbocycles. The van der Waals surface area contributed by atoms with E-state index in [2.05, 4.69) is 10.2 Å². The molecule has 2 saturated heterocycles. The fourth-order valence-corrected chi connectivity index (χ4v) is 4.68. The predicted octanol–water partition coefficient (Wildman–Crippen LogP) is 3.31. The number of amides is 2. The zero-order valence-electron chi connectivity index (χ0n) is 13.4. The molecule has 5 heteroatoms. The minimum absolute atomic E-state index is 0.0157. The number of fused-ring (bicyclic) bond motifs is 2. The number of carbonyl (C=O) groups is 2. The monoisotopic (exact) mass is 340 g/mol. The fraction of sp³-hybridized carbons (Fsp3) is 0.368. The molecule has 2 bridgehead atoms. The van der Waals surface area contributed by atoms with E-state index in [4.69, 9.17) is 0 Å². The van der Waals surface area contributed by atoms with Crippen molar-refractivity contribution in [1.29, 1.82) is 0 Å². The van der Waals surface area contributed by atoms with Crippen LogP contribution >= 0.6 is 11.3 Å². The summed E-state index contributed by atoms with van der Waals surface area (Å²) < 4.78 is 0. The minimum atomic E-state index is -0.0157. The number of benzene rings is 1. The number of nitrogens with zero attached hydrogens (tertiary/aromatic N) is 1. The predicted molar refractivity (Wildman–Crippen MR) is 94.2 cm³/mol. The molecule has 0 unspecified atom stereocenters. The Morgan fingerprint density at radius 2 is 1.71 bits per heavy atom. The average molecular weight is 340 g/mol. The van der Waals surface area contributed by atoms with Gasteiger partial charge in [-0.2, -0.15) is 0 Å². The number of hydrogen-bond donors (Lipinski definition) is 1. The van der Waals surface area contributed by atoms with Crippen LogP contribution in [0.15, 0.2) is 47.8 Å². The van der Waals surface area contributed by atoms with Crippen molar-refractivity contribution in [2.24, 2.45) is 0 Å². The maximum Gasteiger partial charge on any atom is 0.264 e. The van der Waals surface area contributed by atoms with Crippen LogP contribution in [0, 0.1) is 0 Å². The molecule has 4 rings (SSSR count). The van der Waals surface area contributed by atoms with Gasteiger partial charge in [-0.25, -0.2) is 0 Å². The van der Waals surface area contributed by atoms with Gasteiger partial charge in [-0.3, -0.25) is 9.59 Å². The fourth-order valence-electron chi connectivity index (χ4n) is 4.01. The highest BCUT2D eigenvalue weighted by molar-refractivity contribution is 7.12. The highest BCUT2D eigenvalue weighted by Gasteiger charge is 2.43. The van der Waals surface area contributed by atoms with E-state index in [-0.39, 0.29) is 29.9 Å². The van der Waals surface area contributed by atoms with Crippen molar-refractivity contribution in [2.75, 3.05) is 0 Å². The molecule has 2 aliphatic heterocycles. The number of thiophene rings is 1. The molecule has 3 heterocycles. The second kappa shape index (κ2) is 6.40. The van der Waals surface area contributed by atoms with Crippen LogP contribution in [0.25, 0.3) is 0 Å². The van der Waals surface area contributed by atoms with E-state index in [1.807, 2.05) is 47.8 Å². The summed E-state index contributed by atoms with van der Waals surface area (Å²) in [6.45, 7) is 0. The van der Waals surface area contributed by atoms with E-state index in [1.54, 1.807) is 0 Å². The lowest BCUT2D eigenvalue weighted by Crippen LogP contribution is -2.52. The first-order chi connectivity index (χ1) is 11.7. The highest BCUT2D eigenvalue weighted by atomic mass is 32.1. The quantitative estimate of drug-likeness (QED) is 0.932. The van der Waals surface area contributed by atoms with Gasteiger partial charge in [0, 0.05) is 23.7 Å². The Morgan fingerprint density at radius 1 is 1.00 bits per heavy atom. The molecule has 0 radical (unpaired) electrons. The van der Waals surface area contributed by atoms with Crippen molar-refractivity contribution in [3.05, 3.63) is 58.3 Å². The van der Waals surface area contributed by atoms with E-state index in [1.165, 1.54) is 11.3 Å². The van der Waals surface area contributed by atoms with Gasteiger partial charge in [0.2, 0.25) is 0 Å². The van der Waals surface area contributed by atoms with Gasteiger partial charge in [-0.05, 0) is 49.3 Å². The van der Waals surface area contributed by atoms with Gasteiger partial charge < -0.3 is 10.2 Å². The molecule has 1 aromatic carbocycles. The lowest BCUT2D eigenvalue weighted by molar-refractivity contribution is 0.0554. The smallest absolute Gasteiger partial charge is 0.264 e. The normalized spacial score (nSPS) is 25.5. The SMILES string of the molecule is O=C(NC1C[C@H]2CC[C@H](C1)N2C(=O)c1cccs1)c1ccccc1. The Labute approximate surface area is 145 Å². The van der Waals surface area contributed by atoms with Crippen LogP contribution in [-0.2, 0) is 0 Å². The third kappa shape index (κ3) is 2.84. The zero-order valence-corrected chi connectivity index (χ0v) is 14.2. The van der Waals surface area contributed by atoms with Gasteiger partial charge in [-0.1, -0.05) is 24.3 Å². The minimum Gasteiger partial charge on any atom is -0.349 e. The molecular formula is C19H20N2O2S. The molecule has 2 amide bonds. The van der Waals surface area contributed by atoms with E-state index in [0.29, 0.717) is 5.56 Å². The van der Waals surface area contributed by atoms with Crippen molar-refractivity contribution in [2.45, 2.75) is 43.8 Å². The molecule has 24 heavy (non-hydrogen) atoms. The molecule has 2 aromatic rings. The number of nitrogens with one attached hydrogen (secondary N) is 1. The molecule has 1 N–H and O–H groups in total. The molecule has 0 aliphatic carbocycles. The van der Waals surface area contributed by atoms with Crippen molar-refractivity contribution in [1.82, 2.24) is 10.2 Å². The Bertz CT molecular complexity index is 715. The molecule has 1 aromatic heterocycles. The number of rotatable bonds is 3. The van der Waals surface area contributed by atoms with Gasteiger partial charge in [0.25, 0.3) is 11.8 Å². The van der Waals surface area contributed by atoms with Crippen LogP contribution in [0.5, 0.6) is 0 Å². The Hall–Kier alpha value is -2.14. The van der Waals surface area contributed by atoms with Crippen molar-refractivity contribution in [3.8, 4) is 0 Å². The van der Waals surface area contributed by atoms with Gasteiger partial charge in [-0.15, -0.1) is 11.3 Å². The molecule has 2 fully saturated rings. The van der Waals surface area contributed by atoms with Gasteiger partial charge >= 0.3 is 0 Å². The molecular weight excluding hydrogens is 320 g/mol. The second-order valence-electron chi connectivity index (χ2n) is 6.58. The summed E-state index contributed by atoms with van der Waals surface area (Å²) in [4.78, 5) is 28.0. The summed E-state index contributed by atoms with van der Waals surface area (Å²) in [5.74, 6) is 0.142. The first-order valence-corrected chi connectivity index (χ1v) is 9.32. The van der Waals surface area contributed by atoms with E-state index in [9.17, 15) is 9.59 Å². The average Bonchev–Trinajstić information content (AvgIpc) is 3.22. The maximum atomic E-state index is 12.7. The van der Waals surface area contributed by atoms with Gasteiger partial charge in [0.05, 0.1) is 4.88 Å². The topological polar surface area (TPSA) is 49.4 Å². The largest absolute Gasteiger partial charge is 0.349 e. The number of piperidine rings is 1. The summed E-state index contributed by atoms with van der Waals surface area (Å²) in [5.41, 5.74) is 0.696. The Balaban J connectivity index is 1.43. The van der Waals surface area contributed by atoms with Crippen LogP contribution in [0.3, 0.4) is 0 Å². The molecule has 2 aliphatic rings. The summed E-state index contributed by atoms with van der Waals surface area (Å²) in [6.07, 6.45) is 3.79. The first-order valence-electron chi connectivity index (χ1n) is 8.44. The molecule has 124 valence electrons. The molecule has 0 spiro atoms. The Morgan fingerprint density at radius 3 is 2.33 bits per heavy atom. The summed E-state index contributed by atoms with van der Waals surface area (Å²) in [6, 6.07) is 13.8. The lowest BCUT2D eigenvalue weighted by atomic mass is 9.96. The maximum absolute atomic E-state index is 12.7. The van der Waals surface area contributed by atoms with E-state index in [0.717, 1.165) is 30.6 Å². The second-order valence-corrected chi connectivity index (χ2v) is 7.53.